The lowest BCUT2D eigenvalue weighted by molar-refractivity contribution is -0.137. The number of hydrogen-bond donors (Lipinski definition) is 2. The van der Waals surface area contributed by atoms with Crippen LogP contribution < -0.4 is 18.9 Å². The molecule has 0 radical (unpaired) electrons. The highest BCUT2D eigenvalue weighted by Gasteiger charge is 2.32. The van der Waals surface area contributed by atoms with E-state index in [1.165, 1.54) is 6.07 Å². The number of hydrogen-bond acceptors (Lipinski definition) is 7. The molecule has 0 bridgehead atoms. The predicted molar refractivity (Wildman–Crippen MR) is 148 cm³/mol. The molecular weight excluding hydrogens is 603 g/mol. The fourth-order valence-electron chi connectivity index (χ4n) is 3.61. The van der Waals surface area contributed by atoms with Crippen LogP contribution in [0.15, 0.2) is 60.8 Å². The Balaban J connectivity index is 1.70. The molecule has 0 saturated carbocycles. The summed E-state index contributed by atoms with van der Waals surface area (Å²) in [6.45, 7) is 3.00. The van der Waals surface area contributed by atoms with Gasteiger partial charge in [0.2, 0.25) is 5.88 Å². The van der Waals surface area contributed by atoms with Crippen molar-refractivity contribution in [3.63, 3.8) is 0 Å². The first-order valence-corrected chi connectivity index (χ1v) is 14.5. The maximum absolute atomic E-state index is 13.0. The second kappa shape index (κ2) is 14.4. The number of halogens is 4. The molecule has 0 atom stereocenters. The van der Waals surface area contributed by atoms with Crippen LogP contribution in [0.4, 0.5) is 18.0 Å². The van der Waals surface area contributed by atoms with Gasteiger partial charge >= 0.3 is 22.5 Å². The maximum Gasteiger partial charge on any atom is 0.422 e. The average molecular weight is 632 g/mol. The van der Waals surface area contributed by atoms with Gasteiger partial charge < -0.3 is 19.3 Å². The summed E-state index contributed by atoms with van der Waals surface area (Å²) in [5.74, 6) is 0.776. The quantitative estimate of drug-likeness (QED) is 0.203. The molecule has 0 aliphatic rings. The van der Waals surface area contributed by atoms with Gasteiger partial charge in [0.1, 0.15) is 28.9 Å². The van der Waals surface area contributed by atoms with E-state index < -0.39 is 34.6 Å². The third-order valence-corrected chi connectivity index (χ3v) is 7.22. The molecule has 0 aliphatic heterocycles. The number of carbonyl (C=O) groups is 1. The molecule has 228 valence electrons. The highest BCUT2D eigenvalue weighted by atomic mass is 35.5. The SMILES string of the molecule is CC(C)Oc1ccc(CCCN(C(=O)O)S(=O)(=O)NCCOc2ccccc2)c(Oc2ncc(C(F)(F)F)cc2Cl)c1. The van der Waals surface area contributed by atoms with E-state index in [0.717, 1.165) is 0 Å². The molecule has 0 spiro atoms. The summed E-state index contributed by atoms with van der Waals surface area (Å²) < 4.78 is 83.6. The summed E-state index contributed by atoms with van der Waals surface area (Å²) >= 11 is 6.01. The Labute approximate surface area is 246 Å². The number of para-hydroxylation sites is 1. The van der Waals surface area contributed by atoms with Gasteiger partial charge in [0.25, 0.3) is 0 Å². The lowest BCUT2D eigenvalue weighted by Crippen LogP contribution is -2.45. The summed E-state index contributed by atoms with van der Waals surface area (Å²) in [5, 5.41) is 9.17. The lowest BCUT2D eigenvalue weighted by atomic mass is 10.1. The second-order valence-electron chi connectivity index (χ2n) is 9.07. The van der Waals surface area contributed by atoms with Crippen molar-refractivity contribution in [2.75, 3.05) is 19.7 Å². The van der Waals surface area contributed by atoms with E-state index in [2.05, 4.69) is 9.71 Å². The molecule has 0 aliphatic carbocycles. The fraction of sp³-hybridized carbons (Fsp3) is 0.333. The first kappa shape index (κ1) is 32.8. The Morgan fingerprint density at radius 3 is 2.45 bits per heavy atom. The number of amides is 1. The summed E-state index contributed by atoms with van der Waals surface area (Å²) in [7, 11) is -4.40. The van der Waals surface area contributed by atoms with Crippen LogP contribution in [0.2, 0.25) is 5.02 Å². The van der Waals surface area contributed by atoms with E-state index >= 15 is 0 Å². The minimum atomic E-state index is -4.65. The molecule has 2 aromatic carbocycles. The smallest absolute Gasteiger partial charge is 0.422 e. The van der Waals surface area contributed by atoms with E-state index in [0.29, 0.717) is 29.3 Å². The van der Waals surface area contributed by atoms with Gasteiger partial charge in [-0.15, -0.1) is 0 Å². The molecule has 0 fully saturated rings. The van der Waals surface area contributed by atoms with E-state index in [9.17, 15) is 31.5 Å². The maximum atomic E-state index is 13.0. The predicted octanol–water partition coefficient (Wildman–Crippen LogP) is 6.16. The average Bonchev–Trinajstić information content (AvgIpc) is 2.90. The number of ether oxygens (including phenoxy) is 3. The highest BCUT2D eigenvalue weighted by Crippen LogP contribution is 2.36. The molecule has 1 amide bonds. The number of aromatic nitrogens is 1. The Bertz CT molecular complexity index is 1460. The van der Waals surface area contributed by atoms with Gasteiger partial charge in [-0.25, -0.2) is 9.78 Å². The minimum absolute atomic E-state index is 0.0251. The van der Waals surface area contributed by atoms with E-state index in [1.807, 2.05) is 0 Å². The van der Waals surface area contributed by atoms with Crippen LogP contribution >= 0.6 is 11.6 Å². The Morgan fingerprint density at radius 2 is 1.83 bits per heavy atom. The lowest BCUT2D eigenvalue weighted by Gasteiger charge is -2.20. The van der Waals surface area contributed by atoms with Gasteiger partial charge in [-0.05, 0) is 56.5 Å². The number of carboxylic acid groups (broad SMARTS) is 1. The Hall–Kier alpha value is -3.75. The number of alkyl halides is 3. The van der Waals surface area contributed by atoms with Crippen LogP contribution in [0.3, 0.4) is 0 Å². The number of nitrogens with one attached hydrogen (secondary N) is 1. The third kappa shape index (κ3) is 9.67. The zero-order valence-corrected chi connectivity index (χ0v) is 24.2. The number of rotatable bonds is 14. The van der Waals surface area contributed by atoms with Crippen molar-refractivity contribution in [1.29, 1.82) is 0 Å². The summed E-state index contributed by atoms with van der Waals surface area (Å²) in [5.41, 5.74) is -0.567. The van der Waals surface area contributed by atoms with Crippen molar-refractivity contribution in [3.05, 3.63) is 76.9 Å². The first-order valence-electron chi connectivity index (χ1n) is 12.6. The van der Waals surface area contributed by atoms with Gasteiger partial charge in [-0.3, -0.25) is 0 Å². The number of pyridine rings is 1. The molecule has 42 heavy (non-hydrogen) atoms. The van der Waals surface area contributed by atoms with Gasteiger partial charge in [-0.1, -0.05) is 35.9 Å². The van der Waals surface area contributed by atoms with Gasteiger partial charge in [0.05, 0.1) is 11.7 Å². The Kier molecular flexibility index (Phi) is 11.3. The molecule has 15 heteroatoms. The molecule has 2 N–H and O–H groups in total. The largest absolute Gasteiger partial charge is 0.492 e. The van der Waals surface area contributed by atoms with E-state index in [1.54, 1.807) is 56.3 Å². The van der Waals surface area contributed by atoms with Crippen LogP contribution in [0.5, 0.6) is 23.1 Å². The van der Waals surface area contributed by atoms with Crippen molar-refractivity contribution in [2.24, 2.45) is 0 Å². The molecule has 3 rings (SSSR count). The summed E-state index contributed by atoms with van der Waals surface area (Å²) in [6, 6.07) is 14.1. The van der Waals surface area contributed by atoms with Crippen LogP contribution in [-0.4, -0.2) is 54.7 Å². The van der Waals surface area contributed by atoms with Crippen molar-refractivity contribution in [2.45, 2.75) is 39.0 Å². The number of aryl methyl sites for hydroxylation is 1. The number of benzene rings is 2. The Morgan fingerprint density at radius 1 is 1.12 bits per heavy atom. The van der Waals surface area contributed by atoms with E-state index in [4.69, 9.17) is 25.8 Å². The molecule has 3 aromatic rings. The monoisotopic (exact) mass is 631 g/mol. The minimum Gasteiger partial charge on any atom is -0.492 e. The standard InChI is InChI=1S/C27H29ClF3N3O7S/c1-18(2)40-22-11-10-19(24(16-22)41-25-23(28)15-20(17-32-25)27(29,30)31)7-6-13-34(26(35)36)42(37,38)33-12-14-39-21-8-4-3-5-9-21/h3-5,8-11,15-18,33H,6-7,12-14H2,1-2H3,(H,35,36). The van der Waals surface area contributed by atoms with Crippen molar-refractivity contribution in [3.8, 4) is 23.1 Å². The number of nitrogens with zero attached hydrogens (tertiary/aromatic N) is 2. The van der Waals surface area contributed by atoms with Crippen LogP contribution in [0, 0.1) is 0 Å². The van der Waals surface area contributed by atoms with Gasteiger partial charge in [-0.2, -0.15) is 30.6 Å². The molecular formula is C27H29ClF3N3O7S. The van der Waals surface area contributed by atoms with Crippen molar-refractivity contribution >= 4 is 27.9 Å². The molecule has 0 saturated heterocycles. The zero-order chi connectivity index (χ0) is 30.9. The van der Waals surface area contributed by atoms with Crippen LogP contribution in [0.25, 0.3) is 0 Å². The van der Waals surface area contributed by atoms with Crippen LogP contribution in [-0.2, 0) is 22.8 Å². The van der Waals surface area contributed by atoms with Crippen molar-refractivity contribution in [1.82, 2.24) is 14.0 Å². The first-order chi connectivity index (χ1) is 19.8. The molecule has 1 aromatic heterocycles. The molecule has 10 nitrogen and oxygen atoms in total. The summed E-state index contributed by atoms with van der Waals surface area (Å²) in [6.07, 6.45) is -5.76. The third-order valence-electron chi connectivity index (χ3n) is 5.46. The highest BCUT2D eigenvalue weighted by molar-refractivity contribution is 7.87. The summed E-state index contributed by atoms with van der Waals surface area (Å²) in [4.78, 5) is 15.5. The molecule has 1 heterocycles. The fourth-order valence-corrected chi connectivity index (χ4v) is 4.88. The van der Waals surface area contributed by atoms with Crippen LogP contribution in [0.1, 0.15) is 31.4 Å². The second-order valence-corrected chi connectivity index (χ2v) is 11.2. The van der Waals surface area contributed by atoms with Crippen molar-refractivity contribution < 1.29 is 45.7 Å². The normalized spacial score (nSPS) is 11.8. The van der Waals surface area contributed by atoms with Gasteiger partial charge in [0.15, 0.2) is 0 Å². The zero-order valence-electron chi connectivity index (χ0n) is 22.6. The topological polar surface area (TPSA) is 127 Å². The van der Waals surface area contributed by atoms with E-state index in [-0.39, 0.29) is 53.1 Å². The molecule has 0 unspecified atom stereocenters. The van der Waals surface area contributed by atoms with Gasteiger partial charge in [0, 0.05) is 25.4 Å².